The van der Waals surface area contributed by atoms with Crippen LogP contribution in [-0.2, 0) is 13.0 Å². The molecule has 1 amide bonds. The van der Waals surface area contributed by atoms with Crippen LogP contribution < -0.4 is 0 Å². The van der Waals surface area contributed by atoms with E-state index in [9.17, 15) is 4.79 Å². The predicted molar refractivity (Wildman–Crippen MR) is 82.1 cm³/mol. The van der Waals surface area contributed by atoms with Gasteiger partial charge in [0.1, 0.15) is 5.82 Å². The Kier molecular flexibility index (Phi) is 4.73. The minimum Gasteiger partial charge on any atom is -0.335 e. The molecule has 2 rings (SSSR count). The van der Waals surface area contributed by atoms with E-state index in [4.69, 9.17) is 0 Å². The molecule has 1 aromatic carbocycles. The van der Waals surface area contributed by atoms with Gasteiger partial charge in [0.15, 0.2) is 0 Å². The molecule has 5 nitrogen and oxygen atoms in total. The summed E-state index contributed by atoms with van der Waals surface area (Å²) in [4.78, 5) is 18.2. The molecule has 0 radical (unpaired) electrons. The number of carbonyl (C=O) groups is 1. The molecule has 0 unspecified atom stereocenters. The van der Waals surface area contributed by atoms with Crippen molar-refractivity contribution in [1.29, 1.82) is 0 Å². The molecule has 0 aliphatic heterocycles. The third-order valence-electron chi connectivity index (χ3n) is 3.46. The Bertz CT molecular complexity index is 633. The van der Waals surface area contributed by atoms with Crippen LogP contribution >= 0.6 is 0 Å². The Morgan fingerprint density at radius 1 is 1.33 bits per heavy atom. The third-order valence-corrected chi connectivity index (χ3v) is 3.46. The van der Waals surface area contributed by atoms with E-state index in [2.05, 4.69) is 54.2 Å². The van der Waals surface area contributed by atoms with Crippen molar-refractivity contribution in [3.05, 3.63) is 46.5 Å². The van der Waals surface area contributed by atoms with Crippen LogP contribution in [0.3, 0.4) is 0 Å². The number of hydrogen-bond acceptors (Lipinski definition) is 3. The number of hydrogen-bond donors (Lipinski definition) is 1. The van der Waals surface area contributed by atoms with Crippen LogP contribution in [0.5, 0.6) is 0 Å². The zero-order valence-electron chi connectivity index (χ0n) is 13.1. The number of aryl methyl sites for hydroxylation is 3. The van der Waals surface area contributed by atoms with Crippen LogP contribution in [-0.4, -0.2) is 33.0 Å². The number of nitrogens with zero attached hydrogens (tertiary/aromatic N) is 3. The number of rotatable bonds is 5. The summed E-state index contributed by atoms with van der Waals surface area (Å²) in [6.45, 7) is 6.75. The van der Waals surface area contributed by atoms with E-state index >= 15 is 0 Å². The first kappa shape index (κ1) is 15.2. The summed E-state index contributed by atoms with van der Waals surface area (Å²) in [5.41, 5.74) is 3.56. The summed E-state index contributed by atoms with van der Waals surface area (Å²) >= 11 is 0. The minimum absolute atomic E-state index is 0.159. The number of aromatic amines is 1. The highest BCUT2D eigenvalue weighted by Crippen LogP contribution is 2.13. The first-order chi connectivity index (χ1) is 10.0. The first-order valence-corrected chi connectivity index (χ1v) is 7.24. The minimum atomic E-state index is -0.159. The topological polar surface area (TPSA) is 61.9 Å². The number of H-pyrrole nitrogens is 1. The van der Waals surface area contributed by atoms with Crippen LogP contribution in [0.4, 0.5) is 0 Å². The van der Waals surface area contributed by atoms with Crippen molar-refractivity contribution >= 4 is 5.91 Å². The monoisotopic (exact) mass is 286 g/mol. The molecular formula is C16H22N4O. The van der Waals surface area contributed by atoms with Crippen molar-refractivity contribution in [1.82, 2.24) is 20.1 Å². The van der Waals surface area contributed by atoms with Crippen molar-refractivity contribution in [3.8, 4) is 0 Å². The normalized spacial score (nSPS) is 10.7. The van der Waals surface area contributed by atoms with Gasteiger partial charge in [-0.25, -0.2) is 4.98 Å². The summed E-state index contributed by atoms with van der Waals surface area (Å²) < 4.78 is 0. The fourth-order valence-electron chi connectivity index (χ4n) is 2.26. The van der Waals surface area contributed by atoms with E-state index in [0.29, 0.717) is 6.54 Å². The second-order valence-electron chi connectivity index (χ2n) is 5.45. The van der Waals surface area contributed by atoms with Gasteiger partial charge in [-0.2, -0.15) is 0 Å². The lowest BCUT2D eigenvalue weighted by Gasteiger charge is -2.17. The zero-order valence-corrected chi connectivity index (χ0v) is 13.1. The molecule has 1 aromatic heterocycles. The maximum Gasteiger partial charge on any atom is 0.293 e. The lowest BCUT2D eigenvalue weighted by Crippen LogP contribution is -2.27. The second kappa shape index (κ2) is 6.52. The maximum atomic E-state index is 12.3. The van der Waals surface area contributed by atoms with Gasteiger partial charge in [-0.15, -0.1) is 5.10 Å². The number of nitrogens with one attached hydrogen (secondary N) is 1. The Balaban J connectivity index is 2.08. The SMILES string of the molecule is CCCc1nc(C(=O)N(C)Cc2ccc(C)cc2C)n[nH]1. The Hall–Kier alpha value is -2.17. The molecule has 0 aliphatic rings. The smallest absolute Gasteiger partial charge is 0.293 e. The number of carbonyl (C=O) groups excluding carboxylic acids is 1. The fourth-order valence-corrected chi connectivity index (χ4v) is 2.26. The van der Waals surface area contributed by atoms with E-state index in [1.54, 1.807) is 11.9 Å². The summed E-state index contributed by atoms with van der Waals surface area (Å²) in [6.07, 6.45) is 1.78. The van der Waals surface area contributed by atoms with Crippen LogP contribution in [0.2, 0.25) is 0 Å². The molecule has 0 atom stereocenters. The van der Waals surface area contributed by atoms with Gasteiger partial charge in [-0.1, -0.05) is 30.7 Å². The molecule has 2 aromatic rings. The average Bonchev–Trinajstić information content (AvgIpc) is 2.90. The molecule has 1 N–H and O–H groups in total. The summed E-state index contributed by atoms with van der Waals surface area (Å²) in [7, 11) is 1.78. The Morgan fingerprint density at radius 3 is 2.76 bits per heavy atom. The maximum absolute atomic E-state index is 12.3. The van der Waals surface area contributed by atoms with Gasteiger partial charge in [0.2, 0.25) is 5.82 Å². The molecule has 112 valence electrons. The van der Waals surface area contributed by atoms with Crippen LogP contribution in [0.15, 0.2) is 18.2 Å². The molecule has 21 heavy (non-hydrogen) atoms. The van der Waals surface area contributed by atoms with Gasteiger partial charge in [0, 0.05) is 20.0 Å². The van der Waals surface area contributed by atoms with Gasteiger partial charge < -0.3 is 4.90 Å². The molecule has 1 heterocycles. The molecule has 0 bridgehead atoms. The molecule has 0 fully saturated rings. The van der Waals surface area contributed by atoms with Crippen LogP contribution in [0, 0.1) is 13.8 Å². The lowest BCUT2D eigenvalue weighted by molar-refractivity contribution is 0.0773. The Morgan fingerprint density at radius 2 is 2.10 bits per heavy atom. The van der Waals surface area contributed by atoms with E-state index < -0.39 is 0 Å². The average molecular weight is 286 g/mol. The summed E-state index contributed by atoms with van der Waals surface area (Å²) in [6, 6.07) is 6.25. The van der Waals surface area contributed by atoms with Crippen LogP contribution in [0.1, 0.15) is 46.5 Å². The largest absolute Gasteiger partial charge is 0.335 e. The quantitative estimate of drug-likeness (QED) is 0.919. The van der Waals surface area contributed by atoms with Crippen molar-refractivity contribution in [2.75, 3.05) is 7.05 Å². The third kappa shape index (κ3) is 3.68. The number of amides is 1. The second-order valence-corrected chi connectivity index (χ2v) is 5.45. The van der Waals surface area contributed by atoms with E-state index in [-0.39, 0.29) is 11.7 Å². The molecule has 0 saturated heterocycles. The van der Waals surface area contributed by atoms with Crippen molar-refractivity contribution < 1.29 is 4.79 Å². The lowest BCUT2D eigenvalue weighted by atomic mass is 10.1. The van der Waals surface area contributed by atoms with E-state index in [1.807, 2.05) is 0 Å². The first-order valence-electron chi connectivity index (χ1n) is 7.24. The van der Waals surface area contributed by atoms with Gasteiger partial charge in [-0.05, 0) is 31.4 Å². The molecule has 0 spiro atoms. The Labute approximate surface area is 125 Å². The van der Waals surface area contributed by atoms with Crippen molar-refractivity contribution in [2.24, 2.45) is 0 Å². The molecule has 0 saturated carbocycles. The van der Waals surface area contributed by atoms with Gasteiger partial charge >= 0.3 is 0 Å². The fraction of sp³-hybridized carbons (Fsp3) is 0.438. The summed E-state index contributed by atoms with van der Waals surface area (Å²) in [5.74, 6) is 0.847. The highest BCUT2D eigenvalue weighted by molar-refractivity contribution is 5.90. The molecule has 5 heteroatoms. The van der Waals surface area contributed by atoms with Gasteiger partial charge in [-0.3, -0.25) is 9.89 Å². The standard InChI is InChI=1S/C16H22N4O/c1-5-6-14-17-15(19-18-14)16(21)20(4)10-13-8-7-11(2)9-12(13)3/h7-9H,5-6,10H2,1-4H3,(H,17,18,19). The highest BCUT2D eigenvalue weighted by Gasteiger charge is 2.17. The predicted octanol–water partition coefficient (Wildman–Crippen LogP) is 2.65. The van der Waals surface area contributed by atoms with Crippen molar-refractivity contribution in [3.63, 3.8) is 0 Å². The van der Waals surface area contributed by atoms with Crippen molar-refractivity contribution in [2.45, 2.75) is 40.2 Å². The zero-order chi connectivity index (χ0) is 15.4. The number of aromatic nitrogens is 3. The van der Waals surface area contributed by atoms with E-state index in [0.717, 1.165) is 24.2 Å². The molecular weight excluding hydrogens is 264 g/mol. The van der Waals surface area contributed by atoms with Gasteiger partial charge in [0.05, 0.1) is 0 Å². The van der Waals surface area contributed by atoms with Crippen LogP contribution in [0.25, 0.3) is 0 Å². The van der Waals surface area contributed by atoms with E-state index in [1.165, 1.54) is 11.1 Å². The molecule has 0 aliphatic carbocycles. The number of benzene rings is 1. The highest BCUT2D eigenvalue weighted by atomic mass is 16.2. The van der Waals surface area contributed by atoms with Gasteiger partial charge in [0.25, 0.3) is 5.91 Å². The summed E-state index contributed by atoms with van der Waals surface area (Å²) in [5, 5.41) is 6.82.